The molecule has 2 heterocycles. The third kappa shape index (κ3) is 1.89. The molecular weight excluding hydrogens is 194 g/mol. The zero-order valence-electron chi connectivity index (χ0n) is 10.1. The molecule has 0 aliphatic carbocycles. The molecule has 2 aliphatic heterocycles. The lowest BCUT2D eigenvalue weighted by Crippen LogP contribution is -2.40. The predicted molar refractivity (Wildman–Crippen MR) is 67.4 cm³/mol. The molecule has 16 heavy (non-hydrogen) atoms. The highest BCUT2D eigenvalue weighted by Crippen LogP contribution is 2.38. The Bertz CT molecular complexity index is 332. The standard InChI is InChI=1S/C15H21N/c1-16-14-7-8-15(16)11-13(10-14)9-12-5-3-2-4-6-12/h2-6,13-15H,7-11H2,1H3/t13?,14-,15?/m1/s1. The van der Waals surface area contributed by atoms with Crippen LogP contribution in [0.1, 0.15) is 31.2 Å². The zero-order valence-corrected chi connectivity index (χ0v) is 10.1. The minimum absolute atomic E-state index is 0.882. The second-order valence-corrected chi connectivity index (χ2v) is 5.58. The van der Waals surface area contributed by atoms with Crippen LogP contribution < -0.4 is 0 Å². The van der Waals surface area contributed by atoms with Crippen LogP contribution in [0, 0.1) is 5.92 Å². The van der Waals surface area contributed by atoms with Crippen LogP contribution in [0.5, 0.6) is 0 Å². The lowest BCUT2D eigenvalue weighted by Gasteiger charge is -2.36. The monoisotopic (exact) mass is 215 g/mol. The van der Waals surface area contributed by atoms with E-state index >= 15 is 0 Å². The maximum absolute atomic E-state index is 2.63. The molecule has 2 saturated heterocycles. The molecular formula is C15H21N. The van der Waals surface area contributed by atoms with E-state index in [1.165, 1.54) is 37.7 Å². The van der Waals surface area contributed by atoms with Crippen molar-refractivity contribution in [2.45, 2.75) is 44.2 Å². The van der Waals surface area contributed by atoms with E-state index in [4.69, 9.17) is 0 Å². The molecule has 0 N–H and O–H groups in total. The van der Waals surface area contributed by atoms with Gasteiger partial charge in [0.2, 0.25) is 0 Å². The highest BCUT2D eigenvalue weighted by molar-refractivity contribution is 5.15. The molecule has 1 heteroatoms. The molecule has 86 valence electrons. The van der Waals surface area contributed by atoms with Gasteiger partial charge in [0, 0.05) is 12.1 Å². The molecule has 1 aromatic carbocycles. The third-order valence-electron chi connectivity index (χ3n) is 4.56. The summed E-state index contributed by atoms with van der Waals surface area (Å²) in [4.78, 5) is 2.63. The molecule has 0 spiro atoms. The number of rotatable bonds is 2. The SMILES string of the molecule is CN1C2CC[C@@H]1CC(Cc1ccccc1)C2. The summed E-state index contributed by atoms with van der Waals surface area (Å²) in [5.41, 5.74) is 1.52. The molecule has 3 atom stereocenters. The number of benzene rings is 1. The molecule has 0 radical (unpaired) electrons. The normalized spacial score (nSPS) is 34.2. The Morgan fingerprint density at radius 1 is 1.06 bits per heavy atom. The van der Waals surface area contributed by atoms with Crippen molar-refractivity contribution in [1.82, 2.24) is 4.90 Å². The Labute approximate surface area is 98.5 Å². The van der Waals surface area contributed by atoms with Crippen molar-refractivity contribution in [2.75, 3.05) is 7.05 Å². The first-order valence-electron chi connectivity index (χ1n) is 6.59. The van der Waals surface area contributed by atoms with Gasteiger partial charge in [-0.3, -0.25) is 0 Å². The third-order valence-corrected chi connectivity index (χ3v) is 4.56. The van der Waals surface area contributed by atoms with Crippen LogP contribution in [-0.2, 0) is 6.42 Å². The maximum Gasteiger partial charge on any atom is 0.00984 e. The Kier molecular flexibility index (Phi) is 2.72. The molecule has 0 amide bonds. The van der Waals surface area contributed by atoms with Crippen LogP contribution in [0.3, 0.4) is 0 Å². The molecule has 2 aliphatic rings. The van der Waals surface area contributed by atoms with Crippen molar-refractivity contribution >= 4 is 0 Å². The van der Waals surface area contributed by atoms with Gasteiger partial charge in [-0.1, -0.05) is 30.3 Å². The van der Waals surface area contributed by atoms with Crippen LogP contribution in [0.25, 0.3) is 0 Å². The van der Waals surface area contributed by atoms with Crippen molar-refractivity contribution in [1.29, 1.82) is 0 Å². The van der Waals surface area contributed by atoms with E-state index in [9.17, 15) is 0 Å². The summed E-state index contributed by atoms with van der Waals surface area (Å²) in [6.45, 7) is 0. The number of hydrogen-bond donors (Lipinski definition) is 0. The van der Waals surface area contributed by atoms with Crippen molar-refractivity contribution < 1.29 is 0 Å². The van der Waals surface area contributed by atoms with Gasteiger partial charge in [0.15, 0.2) is 0 Å². The van der Waals surface area contributed by atoms with Crippen LogP contribution >= 0.6 is 0 Å². The van der Waals surface area contributed by atoms with E-state index in [1.807, 2.05) is 0 Å². The smallest absolute Gasteiger partial charge is 0.00984 e. The van der Waals surface area contributed by atoms with E-state index in [-0.39, 0.29) is 0 Å². The van der Waals surface area contributed by atoms with Crippen LogP contribution in [0.15, 0.2) is 30.3 Å². The van der Waals surface area contributed by atoms with Gasteiger partial charge in [0.25, 0.3) is 0 Å². The second-order valence-electron chi connectivity index (χ2n) is 5.58. The van der Waals surface area contributed by atoms with E-state index in [0.717, 1.165) is 18.0 Å². The predicted octanol–water partition coefficient (Wildman–Crippen LogP) is 3.10. The number of nitrogens with zero attached hydrogens (tertiary/aromatic N) is 1. The Balaban J connectivity index is 1.66. The van der Waals surface area contributed by atoms with Crippen LogP contribution in [0.2, 0.25) is 0 Å². The summed E-state index contributed by atoms with van der Waals surface area (Å²) in [6.07, 6.45) is 7.00. The fourth-order valence-electron chi connectivity index (χ4n) is 3.64. The maximum atomic E-state index is 2.63. The summed E-state index contributed by atoms with van der Waals surface area (Å²) >= 11 is 0. The van der Waals surface area contributed by atoms with Gasteiger partial charge in [0.05, 0.1) is 0 Å². The van der Waals surface area contributed by atoms with Gasteiger partial charge in [0.1, 0.15) is 0 Å². The quantitative estimate of drug-likeness (QED) is 0.732. The minimum atomic E-state index is 0.882. The minimum Gasteiger partial charge on any atom is -0.300 e. The summed E-state index contributed by atoms with van der Waals surface area (Å²) in [5, 5.41) is 0. The largest absolute Gasteiger partial charge is 0.300 e. The number of piperidine rings is 1. The number of hydrogen-bond acceptors (Lipinski definition) is 1. The van der Waals surface area contributed by atoms with E-state index in [0.29, 0.717) is 0 Å². The van der Waals surface area contributed by atoms with Crippen molar-refractivity contribution in [2.24, 2.45) is 5.92 Å². The lowest BCUT2D eigenvalue weighted by molar-refractivity contribution is 0.134. The fourth-order valence-corrected chi connectivity index (χ4v) is 3.64. The van der Waals surface area contributed by atoms with Crippen molar-refractivity contribution in [3.63, 3.8) is 0 Å². The first-order chi connectivity index (χ1) is 7.83. The van der Waals surface area contributed by atoms with Gasteiger partial charge in [-0.15, -0.1) is 0 Å². The van der Waals surface area contributed by atoms with Gasteiger partial charge < -0.3 is 4.90 Å². The van der Waals surface area contributed by atoms with Gasteiger partial charge in [-0.05, 0) is 50.6 Å². The highest BCUT2D eigenvalue weighted by atomic mass is 15.2. The summed E-state index contributed by atoms with van der Waals surface area (Å²) in [6, 6.07) is 12.8. The first kappa shape index (κ1) is 10.3. The summed E-state index contributed by atoms with van der Waals surface area (Å²) in [5.74, 6) is 0.927. The molecule has 2 fully saturated rings. The molecule has 1 nitrogen and oxygen atoms in total. The molecule has 2 unspecified atom stereocenters. The van der Waals surface area contributed by atoms with Crippen molar-refractivity contribution in [3.05, 3.63) is 35.9 Å². The van der Waals surface area contributed by atoms with Gasteiger partial charge in [-0.2, -0.15) is 0 Å². The first-order valence-corrected chi connectivity index (χ1v) is 6.59. The molecule has 3 rings (SSSR count). The van der Waals surface area contributed by atoms with Crippen molar-refractivity contribution in [3.8, 4) is 0 Å². The fraction of sp³-hybridized carbons (Fsp3) is 0.600. The molecule has 0 saturated carbocycles. The zero-order chi connectivity index (χ0) is 11.0. The summed E-state index contributed by atoms with van der Waals surface area (Å²) in [7, 11) is 2.32. The lowest BCUT2D eigenvalue weighted by atomic mass is 9.86. The van der Waals surface area contributed by atoms with Gasteiger partial charge in [-0.25, -0.2) is 0 Å². The molecule has 2 bridgehead atoms. The van der Waals surface area contributed by atoms with Gasteiger partial charge >= 0.3 is 0 Å². The molecule has 0 aromatic heterocycles. The second kappa shape index (κ2) is 4.21. The average Bonchev–Trinajstić information content (AvgIpc) is 2.54. The van der Waals surface area contributed by atoms with E-state index in [1.54, 1.807) is 0 Å². The Morgan fingerprint density at radius 3 is 2.31 bits per heavy atom. The Hall–Kier alpha value is -0.820. The molecule has 1 aromatic rings. The van der Waals surface area contributed by atoms with Crippen LogP contribution in [-0.4, -0.2) is 24.0 Å². The topological polar surface area (TPSA) is 3.24 Å². The van der Waals surface area contributed by atoms with E-state index < -0.39 is 0 Å². The highest BCUT2D eigenvalue weighted by Gasteiger charge is 2.37. The Morgan fingerprint density at radius 2 is 1.69 bits per heavy atom. The van der Waals surface area contributed by atoms with Crippen LogP contribution in [0.4, 0.5) is 0 Å². The summed E-state index contributed by atoms with van der Waals surface area (Å²) < 4.78 is 0. The average molecular weight is 215 g/mol. The number of fused-ring (bicyclic) bond motifs is 2. The van der Waals surface area contributed by atoms with E-state index in [2.05, 4.69) is 42.3 Å².